The number of nitrogen functional groups attached to an aromatic ring is 1. The van der Waals surface area contributed by atoms with Gasteiger partial charge in [0.25, 0.3) is 5.91 Å². The average molecular weight is 285 g/mol. The average Bonchev–Trinajstić information content (AvgIpc) is 2.33. The highest BCUT2D eigenvalue weighted by Crippen LogP contribution is 2.18. The van der Waals surface area contributed by atoms with E-state index in [2.05, 4.69) is 10.6 Å². The maximum atomic E-state index is 13.6. The largest absolute Gasteiger partial charge is 0.396 e. The molecule has 2 amide bonds. The van der Waals surface area contributed by atoms with Gasteiger partial charge < -0.3 is 16.4 Å². The number of amides is 2. The molecule has 110 valence electrons. The van der Waals surface area contributed by atoms with Crippen molar-refractivity contribution in [3.63, 3.8) is 0 Å². The van der Waals surface area contributed by atoms with E-state index < -0.39 is 35.1 Å². The van der Waals surface area contributed by atoms with E-state index in [1.807, 2.05) is 0 Å². The number of hydrogen-bond acceptors (Lipinski definition) is 3. The molecule has 0 saturated heterocycles. The monoisotopic (exact) mass is 285 g/mol. The minimum absolute atomic E-state index is 0.109. The van der Waals surface area contributed by atoms with Crippen molar-refractivity contribution in [2.75, 3.05) is 5.73 Å². The van der Waals surface area contributed by atoms with Gasteiger partial charge in [-0.3, -0.25) is 9.59 Å². The van der Waals surface area contributed by atoms with Gasteiger partial charge in [0.15, 0.2) is 5.82 Å². The van der Waals surface area contributed by atoms with Crippen LogP contribution in [-0.4, -0.2) is 23.9 Å². The van der Waals surface area contributed by atoms with E-state index in [-0.39, 0.29) is 11.7 Å². The van der Waals surface area contributed by atoms with Crippen molar-refractivity contribution in [1.82, 2.24) is 10.6 Å². The van der Waals surface area contributed by atoms with Gasteiger partial charge >= 0.3 is 0 Å². The lowest BCUT2D eigenvalue weighted by Crippen LogP contribution is -2.47. The molecule has 7 heteroatoms. The lowest BCUT2D eigenvalue weighted by Gasteiger charge is -2.16. The standard InChI is InChI=1S/C13H17F2N3O2/c1-6(2)17-12(19)7(3)18-13(20)10-8(14)4-5-9(16)11(10)15/h4-7H,16H2,1-3H3,(H,17,19)(H,18,20). The maximum Gasteiger partial charge on any atom is 0.257 e. The zero-order valence-corrected chi connectivity index (χ0v) is 11.5. The number of benzene rings is 1. The van der Waals surface area contributed by atoms with Gasteiger partial charge in [-0.25, -0.2) is 8.78 Å². The van der Waals surface area contributed by atoms with Crippen molar-refractivity contribution >= 4 is 17.5 Å². The van der Waals surface area contributed by atoms with Gasteiger partial charge in [-0.15, -0.1) is 0 Å². The Balaban J connectivity index is 2.87. The number of halogens is 2. The van der Waals surface area contributed by atoms with Crippen LogP contribution in [0.4, 0.5) is 14.5 Å². The molecule has 0 spiro atoms. The van der Waals surface area contributed by atoms with Crippen LogP contribution in [0.5, 0.6) is 0 Å². The molecule has 20 heavy (non-hydrogen) atoms. The molecule has 1 atom stereocenters. The maximum absolute atomic E-state index is 13.6. The molecular formula is C13H17F2N3O2. The van der Waals surface area contributed by atoms with Crippen LogP contribution in [0.25, 0.3) is 0 Å². The van der Waals surface area contributed by atoms with Crippen LogP contribution in [0.3, 0.4) is 0 Å². The summed E-state index contributed by atoms with van der Waals surface area (Å²) in [4.78, 5) is 23.4. The second-order valence-electron chi connectivity index (χ2n) is 4.68. The Morgan fingerprint density at radius 1 is 1.15 bits per heavy atom. The fraction of sp³-hybridized carbons (Fsp3) is 0.385. The minimum atomic E-state index is -1.14. The highest BCUT2D eigenvalue weighted by atomic mass is 19.1. The summed E-state index contributed by atoms with van der Waals surface area (Å²) in [5, 5.41) is 4.80. The first-order chi connectivity index (χ1) is 9.23. The van der Waals surface area contributed by atoms with E-state index in [0.29, 0.717) is 0 Å². The minimum Gasteiger partial charge on any atom is -0.396 e. The quantitative estimate of drug-likeness (QED) is 0.726. The summed E-state index contributed by atoms with van der Waals surface area (Å²) < 4.78 is 27.1. The number of hydrogen-bond donors (Lipinski definition) is 3. The zero-order valence-electron chi connectivity index (χ0n) is 11.5. The molecule has 0 heterocycles. The molecule has 1 unspecified atom stereocenters. The highest BCUT2D eigenvalue weighted by molar-refractivity contribution is 5.98. The fourth-order valence-electron chi connectivity index (χ4n) is 1.52. The molecule has 5 nitrogen and oxygen atoms in total. The highest BCUT2D eigenvalue weighted by Gasteiger charge is 2.23. The summed E-state index contributed by atoms with van der Waals surface area (Å²) in [5.74, 6) is -3.65. The van der Waals surface area contributed by atoms with Crippen LogP contribution in [0.1, 0.15) is 31.1 Å². The molecule has 1 aromatic rings. The summed E-state index contributed by atoms with van der Waals surface area (Å²) in [7, 11) is 0. The Morgan fingerprint density at radius 3 is 2.30 bits per heavy atom. The number of rotatable bonds is 4. The topological polar surface area (TPSA) is 84.2 Å². The van der Waals surface area contributed by atoms with E-state index >= 15 is 0 Å². The van der Waals surface area contributed by atoms with Crippen molar-refractivity contribution in [2.24, 2.45) is 0 Å². The first-order valence-corrected chi connectivity index (χ1v) is 6.08. The van der Waals surface area contributed by atoms with Crippen LogP contribution in [0.15, 0.2) is 12.1 Å². The number of anilines is 1. The first-order valence-electron chi connectivity index (χ1n) is 6.08. The molecule has 0 radical (unpaired) electrons. The van der Waals surface area contributed by atoms with Crippen LogP contribution in [0.2, 0.25) is 0 Å². The first kappa shape index (κ1) is 15.9. The SMILES string of the molecule is CC(C)NC(=O)C(C)NC(=O)c1c(F)ccc(N)c1F. The third-order valence-electron chi connectivity index (χ3n) is 2.52. The summed E-state index contributed by atoms with van der Waals surface area (Å²) in [5.41, 5.74) is 4.15. The van der Waals surface area contributed by atoms with Gasteiger partial charge in [0.05, 0.1) is 5.69 Å². The molecule has 0 bridgehead atoms. The van der Waals surface area contributed by atoms with Gasteiger partial charge in [0.1, 0.15) is 17.4 Å². The molecule has 0 aliphatic rings. The zero-order chi connectivity index (χ0) is 15.4. The second-order valence-corrected chi connectivity index (χ2v) is 4.68. The third-order valence-corrected chi connectivity index (χ3v) is 2.52. The number of nitrogens with one attached hydrogen (secondary N) is 2. The predicted molar refractivity (Wildman–Crippen MR) is 71.0 cm³/mol. The molecular weight excluding hydrogens is 268 g/mol. The number of nitrogens with two attached hydrogens (primary N) is 1. The van der Waals surface area contributed by atoms with E-state index in [1.54, 1.807) is 13.8 Å². The Morgan fingerprint density at radius 2 is 1.75 bits per heavy atom. The van der Waals surface area contributed by atoms with Crippen LogP contribution in [-0.2, 0) is 4.79 Å². The summed E-state index contributed by atoms with van der Waals surface area (Å²) in [6, 6.07) is 0.885. The van der Waals surface area contributed by atoms with Gasteiger partial charge in [-0.1, -0.05) is 0 Å². The van der Waals surface area contributed by atoms with Crippen molar-refractivity contribution in [2.45, 2.75) is 32.9 Å². The molecule has 0 saturated carbocycles. The summed E-state index contributed by atoms with van der Waals surface area (Å²) in [6.07, 6.45) is 0. The smallest absolute Gasteiger partial charge is 0.257 e. The number of carbonyl (C=O) groups is 2. The normalized spacial score (nSPS) is 12.1. The lowest BCUT2D eigenvalue weighted by atomic mass is 10.1. The van der Waals surface area contributed by atoms with E-state index in [9.17, 15) is 18.4 Å². The Bertz CT molecular complexity index is 533. The van der Waals surface area contributed by atoms with E-state index in [4.69, 9.17) is 5.73 Å². The van der Waals surface area contributed by atoms with Crippen molar-refractivity contribution in [1.29, 1.82) is 0 Å². The van der Waals surface area contributed by atoms with Crippen molar-refractivity contribution in [3.8, 4) is 0 Å². The lowest BCUT2D eigenvalue weighted by molar-refractivity contribution is -0.123. The fourth-order valence-corrected chi connectivity index (χ4v) is 1.52. The van der Waals surface area contributed by atoms with E-state index in [0.717, 1.165) is 12.1 Å². The van der Waals surface area contributed by atoms with Gasteiger partial charge in [-0.05, 0) is 32.9 Å². The third kappa shape index (κ3) is 3.66. The van der Waals surface area contributed by atoms with Gasteiger partial charge in [-0.2, -0.15) is 0 Å². The Kier molecular flexibility index (Phi) is 5.01. The summed E-state index contributed by atoms with van der Waals surface area (Å²) in [6.45, 7) is 4.92. The van der Waals surface area contributed by atoms with Crippen LogP contribution >= 0.6 is 0 Å². The van der Waals surface area contributed by atoms with Gasteiger partial charge in [0, 0.05) is 6.04 Å². The molecule has 4 N–H and O–H groups in total. The van der Waals surface area contributed by atoms with Crippen molar-refractivity contribution < 1.29 is 18.4 Å². The Hall–Kier alpha value is -2.18. The summed E-state index contributed by atoms with van der Waals surface area (Å²) >= 11 is 0. The molecule has 0 aliphatic carbocycles. The Labute approximate surface area is 115 Å². The van der Waals surface area contributed by atoms with Crippen LogP contribution < -0.4 is 16.4 Å². The molecule has 1 aromatic carbocycles. The molecule has 0 fully saturated rings. The van der Waals surface area contributed by atoms with Gasteiger partial charge in [0.2, 0.25) is 5.91 Å². The molecule has 1 rings (SSSR count). The second kappa shape index (κ2) is 6.31. The van der Waals surface area contributed by atoms with Crippen molar-refractivity contribution in [3.05, 3.63) is 29.3 Å². The van der Waals surface area contributed by atoms with E-state index in [1.165, 1.54) is 6.92 Å². The molecule has 0 aliphatic heterocycles. The van der Waals surface area contributed by atoms with Crippen LogP contribution in [0, 0.1) is 11.6 Å². The molecule has 0 aromatic heterocycles. The predicted octanol–water partition coefficient (Wildman–Crippen LogP) is 1.19. The number of carbonyl (C=O) groups excluding carboxylic acids is 2.